The molecule has 0 radical (unpaired) electrons. The molecule has 1 aromatic rings. The quantitative estimate of drug-likeness (QED) is 0.886. The second-order valence-electron chi connectivity index (χ2n) is 6.09. The number of piperidine rings is 1. The highest BCUT2D eigenvalue weighted by Gasteiger charge is 2.50. The van der Waals surface area contributed by atoms with Crippen LogP contribution in [0.5, 0.6) is 0 Å². The Hall–Kier alpha value is -1.89. The van der Waals surface area contributed by atoms with Crippen molar-refractivity contribution in [2.24, 2.45) is 0 Å². The molecule has 1 aromatic heterocycles. The molecule has 1 unspecified atom stereocenters. The molecule has 3 heterocycles. The molecule has 0 bridgehead atoms. The molecule has 1 N–H and O–H groups in total. The van der Waals surface area contributed by atoms with Crippen LogP contribution < -0.4 is 0 Å². The molecule has 0 aromatic carbocycles. The number of nitrogens with one attached hydrogen (secondary N) is 1. The van der Waals surface area contributed by atoms with Crippen molar-refractivity contribution in [2.45, 2.75) is 31.2 Å². The average Bonchev–Trinajstić information content (AvgIpc) is 3.14. The molecule has 0 saturated carbocycles. The third-order valence-corrected chi connectivity index (χ3v) is 4.71. The van der Waals surface area contributed by atoms with Crippen molar-refractivity contribution in [1.82, 2.24) is 20.0 Å². The predicted octanol–water partition coefficient (Wildman–Crippen LogP) is 0.653. The molecule has 7 heteroatoms. The first-order chi connectivity index (χ1) is 10.7. The number of rotatable bonds is 4. The summed E-state index contributed by atoms with van der Waals surface area (Å²) in [6.45, 7) is 2.41. The van der Waals surface area contributed by atoms with Crippen molar-refractivity contribution in [3.05, 3.63) is 18.0 Å². The highest BCUT2D eigenvalue weighted by atomic mass is 16.5. The summed E-state index contributed by atoms with van der Waals surface area (Å²) < 4.78 is 5.07. The van der Waals surface area contributed by atoms with Gasteiger partial charge in [0.2, 0.25) is 5.91 Å². The molecule has 3 rings (SSSR count). The monoisotopic (exact) mass is 306 g/mol. The number of amides is 2. The summed E-state index contributed by atoms with van der Waals surface area (Å²) in [6.07, 6.45) is 4.90. The van der Waals surface area contributed by atoms with Gasteiger partial charge in [0.1, 0.15) is 5.69 Å². The van der Waals surface area contributed by atoms with Crippen LogP contribution in [0.25, 0.3) is 0 Å². The van der Waals surface area contributed by atoms with Gasteiger partial charge >= 0.3 is 0 Å². The van der Waals surface area contributed by atoms with Crippen molar-refractivity contribution in [2.75, 3.05) is 33.4 Å². The Morgan fingerprint density at radius 1 is 1.50 bits per heavy atom. The molecular formula is C15H22N4O3. The summed E-state index contributed by atoms with van der Waals surface area (Å²) in [6, 6.07) is 1.68. The third kappa shape index (κ3) is 2.61. The van der Waals surface area contributed by atoms with Gasteiger partial charge in [-0.05, 0) is 25.3 Å². The zero-order chi connectivity index (χ0) is 15.6. The van der Waals surface area contributed by atoms with E-state index in [9.17, 15) is 9.59 Å². The Balaban J connectivity index is 1.80. The zero-order valence-electron chi connectivity index (χ0n) is 12.9. The lowest BCUT2D eigenvalue weighted by atomic mass is 9.85. The summed E-state index contributed by atoms with van der Waals surface area (Å²) in [5, 5.41) is 6.59. The number of methoxy groups -OCH3 is 1. The Morgan fingerprint density at radius 2 is 2.36 bits per heavy atom. The zero-order valence-corrected chi connectivity index (χ0v) is 12.9. The van der Waals surface area contributed by atoms with E-state index < -0.39 is 0 Å². The topological polar surface area (TPSA) is 78.5 Å². The van der Waals surface area contributed by atoms with Crippen LogP contribution in [0.4, 0.5) is 0 Å². The normalized spacial score (nSPS) is 25.2. The molecular weight excluding hydrogens is 284 g/mol. The smallest absolute Gasteiger partial charge is 0.272 e. The van der Waals surface area contributed by atoms with Gasteiger partial charge in [-0.2, -0.15) is 5.10 Å². The number of carbonyl (C=O) groups excluding carboxylic acids is 2. The number of aromatic nitrogens is 2. The maximum Gasteiger partial charge on any atom is 0.272 e. The molecule has 1 atom stereocenters. The van der Waals surface area contributed by atoms with E-state index >= 15 is 0 Å². The number of aromatic amines is 1. The van der Waals surface area contributed by atoms with Gasteiger partial charge in [0.05, 0.1) is 18.6 Å². The van der Waals surface area contributed by atoms with Crippen LogP contribution in [0.2, 0.25) is 0 Å². The van der Waals surface area contributed by atoms with Crippen molar-refractivity contribution >= 4 is 11.8 Å². The van der Waals surface area contributed by atoms with E-state index in [1.807, 2.05) is 9.80 Å². The summed E-state index contributed by atoms with van der Waals surface area (Å²) >= 11 is 0. The maximum atomic E-state index is 12.7. The predicted molar refractivity (Wildman–Crippen MR) is 79.3 cm³/mol. The SMILES string of the molecule is COCCN1CC2(CCCCN2C(=O)c2ccn[nH]2)CC1=O. The van der Waals surface area contributed by atoms with Gasteiger partial charge in [-0.3, -0.25) is 14.7 Å². The second kappa shape index (κ2) is 6.08. The molecule has 2 aliphatic rings. The number of likely N-dealkylation sites (tertiary alicyclic amines) is 2. The first kappa shape index (κ1) is 15.0. The van der Waals surface area contributed by atoms with Crippen LogP contribution in [0.3, 0.4) is 0 Å². The number of carbonyl (C=O) groups is 2. The van der Waals surface area contributed by atoms with E-state index in [0.29, 0.717) is 38.4 Å². The number of nitrogens with zero attached hydrogens (tertiary/aromatic N) is 3. The van der Waals surface area contributed by atoms with Gasteiger partial charge in [0.25, 0.3) is 5.91 Å². The first-order valence-corrected chi connectivity index (χ1v) is 7.74. The molecule has 0 aliphatic carbocycles. The van der Waals surface area contributed by atoms with Crippen LogP contribution in [-0.2, 0) is 9.53 Å². The van der Waals surface area contributed by atoms with Gasteiger partial charge < -0.3 is 14.5 Å². The molecule has 7 nitrogen and oxygen atoms in total. The molecule has 1 spiro atoms. The Kier molecular flexibility index (Phi) is 4.15. The summed E-state index contributed by atoms with van der Waals surface area (Å²) in [5.74, 6) is 0.0555. The van der Waals surface area contributed by atoms with E-state index in [2.05, 4.69) is 10.2 Å². The fourth-order valence-corrected chi connectivity index (χ4v) is 3.58. The molecule has 2 saturated heterocycles. The fraction of sp³-hybridized carbons (Fsp3) is 0.667. The van der Waals surface area contributed by atoms with Crippen molar-refractivity contribution in [1.29, 1.82) is 0 Å². The lowest BCUT2D eigenvalue weighted by molar-refractivity contribution is -0.128. The lowest BCUT2D eigenvalue weighted by Crippen LogP contribution is -2.56. The number of H-pyrrole nitrogens is 1. The summed E-state index contributed by atoms with van der Waals surface area (Å²) in [7, 11) is 1.63. The van der Waals surface area contributed by atoms with E-state index in [1.165, 1.54) is 0 Å². The fourth-order valence-electron chi connectivity index (χ4n) is 3.58. The van der Waals surface area contributed by atoms with E-state index in [-0.39, 0.29) is 17.4 Å². The maximum absolute atomic E-state index is 12.7. The van der Waals surface area contributed by atoms with E-state index in [1.54, 1.807) is 19.4 Å². The van der Waals surface area contributed by atoms with Crippen LogP contribution in [0.1, 0.15) is 36.2 Å². The summed E-state index contributed by atoms with van der Waals surface area (Å²) in [4.78, 5) is 28.8. The first-order valence-electron chi connectivity index (χ1n) is 7.74. The van der Waals surface area contributed by atoms with Crippen LogP contribution >= 0.6 is 0 Å². The van der Waals surface area contributed by atoms with Gasteiger partial charge in [-0.1, -0.05) is 0 Å². The standard InChI is InChI=1S/C15H22N4O3/c1-22-9-8-18-11-15(10-13(18)20)5-2-3-7-19(15)14(21)12-4-6-16-17-12/h4,6H,2-3,5,7-11H2,1H3,(H,16,17). The molecule has 2 fully saturated rings. The minimum Gasteiger partial charge on any atom is -0.383 e. The number of hydrogen-bond donors (Lipinski definition) is 1. The van der Waals surface area contributed by atoms with Crippen LogP contribution in [0, 0.1) is 0 Å². The van der Waals surface area contributed by atoms with Gasteiger partial charge in [0.15, 0.2) is 0 Å². The molecule has 2 aliphatic heterocycles. The van der Waals surface area contributed by atoms with Gasteiger partial charge in [-0.15, -0.1) is 0 Å². The Morgan fingerprint density at radius 3 is 3.09 bits per heavy atom. The molecule has 120 valence electrons. The van der Waals surface area contributed by atoms with Crippen molar-refractivity contribution < 1.29 is 14.3 Å². The number of hydrogen-bond acceptors (Lipinski definition) is 4. The van der Waals surface area contributed by atoms with Crippen LogP contribution in [0.15, 0.2) is 12.3 Å². The Labute approximate surface area is 129 Å². The average molecular weight is 306 g/mol. The largest absolute Gasteiger partial charge is 0.383 e. The van der Waals surface area contributed by atoms with E-state index in [0.717, 1.165) is 19.3 Å². The number of ether oxygens (including phenoxy) is 1. The second-order valence-corrected chi connectivity index (χ2v) is 6.09. The van der Waals surface area contributed by atoms with Crippen molar-refractivity contribution in [3.8, 4) is 0 Å². The van der Waals surface area contributed by atoms with Crippen LogP contribution in [-0.4, -0.2) is 70.7 Å². The van der Waals surface area contributed by atoms with Gasteiger partial charge in [0, 0.05) is 32.9 Å². The van der Waals surface area contributed by atoms with Crippen molar-refractivity contribution in [3.63, 3.8) is 0 Å². The highest BCUT2D eigenvalue weighted by Crippen LogP contribution is 2.37. The molecule has 2 amide bonds. The third-order valence-electron chi connectivity index (χ3n) is 4.71. The van der Waals surface area contributed by atoms with Gasteiger partial charge in [-0.25, -0.2) is 0 Å². The minimum absolute atomic E-state index is 0.0569. The molecule has 22 heavy (non-hydrogen) atoms. The van der Waals surface area contributed by atoms with E-state index in [4.69, 9.17) is 4.74 Å². The lowest BCUT2D eigenvalue weighted by Gasteiger charge is -2.44. The Bertz CT molecular complexity index is 545. The highest BCUT2D eigenvalue weighted by molar-refractivity contribution is 5.94. The summed E-state index contributed by atoms with van der Waals surface area (Å²) in [5.41, 5.74) is 0.120. The minimum atomic E-state index is -0.370.